The number of fused-ring (bicyclic) bond motifs is 1. The number of aromatic nitrogens is 4. The van der Waals surface area contributed by atoms with Crippen molar-refractivity contribution in [2.24, 2.45) is 0 Å². The summed E-state index contributed by atoms with van der Waals surface area (Å²) in [5.41, 5.74) is 3.04. The van der Waals surface area contributed by atoms with E-state index in [0.29, 0.717) is 35.2 Å². The molecule has 0 radical (unpaired) electrons. The summed E-state index contributed by atoms with van der Waals surface area (Å²) in [6.45, 7) is 3.80. The summed E-state index contributed by atoms with van der Waals surface area (Å²) >= 11 is 0. The molecule has 1 amide bonds. The smallest absolute Gasteiger partial charge is 0.297 e. The fourth-order valence-corrected chi connectivity index (χ4v) is 3.33. The van der Waals surface area contributed by atoms with E-state index in [4.69, 9.17) is 13.9 Å². The van der Waals surface area contributed by atoms with E-state index in [0.717, 1.165) is 30.8 Å². The summed E-state index contributed by atoms with van der Waals surface area (Å²) in [4.78, 5) is 32.3. The average molecular weight is 435 g/mol. The van der Waals surface area contributed by atoms with Gasteiger partial charge in [-0.1, -0.05) is 0 Å². The van der Waals surface area contributed by atoms with Crippen LogP contribution in [0.25, 0.3) is 22.7 Å². The molecule has 1 aliphatic heterocycles. The minimum Gasteiger partial charge on any atom is -0.444 e. The number of aliphatic hydroxyl groups is 1. The van der Waals surface area contributed by atoms with E-state index in [9.17, 15) is 4.79 Å². The quantitative estimate of drug-likeness (QED) is 0.396. The largest absolute Gasteiger partial charge is 0.444 e. The number of nitrogens with one attached hydrogen (secondary N) is 2. The number of rotatable bonds is 7. The maximum atomic E-state index is 12.9. The van der Waals surface area contributed by atoms with Crippen molar-refractivity contribution in [1.82, 2.24) is 19.9 Å². The Hall–Kier alpha value is -3.99. The van der Waals surface area contributed by atoms with Crippen molar-refractivity contribution in [1.29, 1.82) is 0 Å². The van der Waals surface area contributed by atoms with Crippen LogP contribution in [0.3, 0.4) is 0 Å². The van der Waals surface area contributed by atoms with Crippen molar-refractivity contribution in [3.8, 4) is 11.5 Å². The first kappa shape index (κ1) is 19.9. The van der Waals surface area contributed by atoms with Crippen molar-refractivity contribution in [2.75, 3.05) is 41.8 Å². The molecule has 0 bridgehead atoms. The molecule has 1 aliphatic rings. The van der Waals surface area contributed by atoms with Crippen LogP contribution in [0.4, 0.5) is 17.5 Å². The Bertz CT molecular complexity index is 1280. The number of amides is 1. The normalized spacial score (nSPS) is 13.2. The lowest BCUT2D eigenvalue weighted by Gasteiger charge is -2.33. The second-order valence-corrected chi connectivity index (χ2v) is 7.37. The molecule has 3 N–H and O–H groups in total. The molecule has 11 heteroatoms. The molecule has 0 atom stereocenters. The molecule has 5 rings (SSSR count). The third kappa shape index (κ3) is 3.85. The Morgan fingerprint density at radius 3 is 2.88 bits per heavy atom. The van der Waals surface area contributed by atoms with Crippen molar-refractivity contribution < 1.29 is 18.7 Å². The van der Waals surface area contributed by atoms with Gasteiger partial charge in [0.25, 0.3) is 11.9 Å². The van der Waals surface area contributed by atoms with Crippen LogP contribution in [0.1, 0.15) is 22.6 Å². The number of aliphatic hydroxyl groups excluding tert-OH is 1. The maximum absolute atomic E-state index is 12.9. The molecule has 164 valence electrons. The topological polar surface area (TPSA) is 142 Å². The van der Waals surface area contributed by atoms with Crippen molar-refractivity contribution in [2.45, 2.75) is 13.3 Å². The van der Waals surface area contributed by atoms with Crippen LogP contribution in [-0.2, 0) is 0 Å². The van der Waals surface area contributed by atoms with E-state index < -0.39 is 5.91 Å². The van der Waals surface area contributed by atoms with Crippen LogP contribution in [-0.4, -0.2) is 57.2 Å². The van der Waals surface area contributed by atoms with Crippen LogP contribution in [0, 0.1) is 6.92 Å². The summed E-state index contributed by atoms with van der Waals surface area (Å²) < 4.78 is 11.2. The molecule has 32 heavy (non-hydrogen) atoms. The van der Waals surface area contributed by atoms with Gasteiger partial charge in [-0.25, -0.2) is 9.97 Å². The van der Waals surface area contributed by atoms with Gasteiger partial charge < -0.3 is 29.5 Å². The molecule has 1 fully saturated rings. The lowest BCUT2D eigenvalue weighted by molar-refractivity contribution is 0.102. The van der Waals surface area contributed by atoms with Gasteiger partial charge in [0, 0.05) is 43.2 Å². The summed E-state index contributed by atoms with van der Waals surface area (Å²) in [7, 11) is 0. The Balaban J connectivity index is 1.43. The summed E-state index contributed by atoms with van der Waals surface area (Å²) in [6, 6.07) is 5.55. The Kier molecular flexibility index (Phi) is 5.15. The van der Waals surface area contributed by atoms with Gasteiger partial charge in [-0.05, 0) is 25.5 Å². The monoisotopic (exact) mass is 435 g/mol. The zero-order valence-electron chi connectivity index (χ0n) is 17.3. The maximum Gasteiger partial charge on any atom is 0.297 e. The van der Waals surface area contributed by atoms with Gasteiger partial charge in [-0.3, -0.25) is 9.78 Å². The fourth-order valence-electron chi connectivity index (χ4n) is 3.33. The number of nitrogens with zero attached hydrogens (tertiary/aromatic N) is 5. The molecule has 1 saturated heterocycles. The van der Waals surface area contributed by atoms with E-state index >= 15 is 0 Å². The molecular weight excluding hydrogens is 414 g/mol. The number of hydrogen-bond donors (Lipinski definition) is 3. The minimum absolute atomic E-state index is 0.0504. The highest BCUT2D eigenvalue weighted by atomic mass is 16.4. The predicted octanol–water partition coefficient (Wildman–Crippen LogP) is 2.45. The zero-order chi connectivity index (χ0) is 22.1. The summed E-state index contributed by atoms with van der Waals surface area (Å²) in [5, 5.41) is 14.7. The van der Waals surface area contributed by atoms with Crippen LogP contribution in [0.15, 0.2) is 39.5 Å². The number of carbonyl (C=O) groups excluding carboxylic acids is 1. The molecule has 0 aromatic carbocycles. The summed E-state index contributed by atoms with van der Waals surface area (Å²) in [6.07, 6.45) is 4.03. The molecule has 0 spiro atoms. The molecule has 0 unspecified atom stereocenters. The second kappa shape index (κ2) is 8.27. The lowest BCUT2D eigenvalue weighted by atomic mass is 10.2. The highest BCUT2D eigenvalue weighted by Gasteiger charge is 2.24. The molecule has 11 nitrogen and oxygen atoms in total. The number of anilines is 3. The van der Waals surface area contributed by atoms with E-state index in [-0.39, 0.29) is 18.3 Å². The molecular formula is C21H21N7O4. The fraction of sp³-hybridized carbons (Fsp3) is 0.286. The number of aryl methyl sites for hydroxylation is 1. The Labute approximate surface area is 182 Å². The number of hydrogen-bond acceptors (Lipinski definition) is 10. The predicted molar refractivity (Wildman–Crippen MR) is 117 cm³/mol. The average Bonchev–Trinajstić information content (AvgIpc) is 3.38. The highest BCUT2D eigenvalue weighted by molar-refractivity contribution is 6.05. The van der Waals surface area contributed by atoms with Crippen molar-refractivity contribution in [3.63, 3.8) is 0 Å². The van der Waals surface area contributed by atoms with Gasteiger partial charge in [0.1, 0.15) is 6.26 Å². The second-order valence-electron chi connectivity index (χ2n) is 7.37. The summed E-state index contributed by atoms with van der Waals surface area (Å²) in [5.74, 6) is 0.534. The van der Waals surface area contributed by atoms with Crippen LogP contribution in [0.5, 0.6) is 0 Å². The van der Waals surface area contributed by atoms with E-state index in [2.05, 4.69) is 35.5 Å². The first-order chi connectivity index (χ1) is 15.6. The van der Waals surface area contributed by atoms with Gasteiger partial charge in [0.2, 0.25) is 11.5 Å². The Morgan fingerprint density at radius 2 is 2.12 bits per heavy atom. The SMILES string of the molecule is Cc1cc(-c2nc(C(=O)Nc3cc4oc(NCCO)nc4nc3N3CCC3)co2)ccn1. The first-order valence-corrected chi connectivity index (χ1v) is 10.2. The van der Waals surface area contributed by atoms with E-state index in [1.54, 1.807) is 18.3 Å². The zero-order valence-corrected chi connectivity index (χ0v) is 17.3. The first-order valence-electron chi connectivity index (χ1n) is 10.2. The lowest BCUT2D eigenvalue weighted by Crippen LogP contribution is -2.38. The number of carbonyl (C=O) groups is 1. The van der Waals surface area contributed by atoms with Gasteiger partial charge in [-0.15, -0.1) is 0 Å². The van der Waals surface area contributed by atoms with Gasteiger partial charge in [0.15, 0.2) is 17.1 Å². The van der Waals surface area contributed by atoms with Crippen molar-refractivity contribution >= 4 is 34.7 Å². The van der Waals surface area contributed by atoms with Crippen LogP contribution < -0.4 is 15.5 Å². The third-order valence-corrected chi connectivity index (χ3v) is 5.03. The molecule has 4 aromatic rings. The molecule has 4 aromatic heterocycles. The third-order valence-electron chi connectivity index (χ3n) is 5.03. The Morgan fingerprint density at radius 1 is 1.25 bits per heavy atom. The van der Waals surface area contributed by atoms with E-state index in [1.807, 2.05) is 13.0 Å². The van der Waals surface area contributed by atoms with Crippen LogP contribution in [0.2, 0.25) is 0 Å². The molecule has 5 heterocycles. The van der Waals surface area contributed by atoms with Gasteiger partial charge in [0.05, 0.1) is 12.3 Å². The molecule has 0 aliphatic carbocycles. The van der Waals surface area contributed by atoms with Gasteiger partial charge >= 0.3 is 0 Å². The highest BCUT2D eigenvalue weighted by Crippen LogP contribution is 2.32. The number of pyridine rings is 2. The standard InChI is InChI=1S/C21H21N7O4/c1-12-9-13(3-4-22-12)20-25-15(11-31-20)19(30)24-14-10-16-17(26-18(14)28-6-2-7-28)27-21(32-16)23-5-8-29/h3-4,9-11,29H,2,5-8H2,1H3,(H,24,30)(H,23,26,27). The minimum atomic E-state index is -0.424. The van der Waals surface area contributed by atoms with Crippen LogP contribution >= 0.6 is 0 Å². The van der Waals surface area contributed by atoms with Crippen molar-refractivity contribution in [3.05, 3.63) is 42.0 Å². The van der Waals surface area contributed by atoms with E-state index in [1.165, 1.54) is 6.26 Å². The number of oxazole rings is 2. The van der Waals surface area contributed by atoms with Gasteiger partial charge in [-0.2, -0.15) is 4.98 Å². The molecule has 0 saturated carbocycles.